The molecule has 0 saturated heterocycles. The Kier molecular flexibility index (Phi) is 23.8. The summed E-state index contributed by atoms with van der Waals surface area (Å²) in [6, 6.07) is 0. The molecule has 0 spiro atoms. The van der Waals surface area contributed by atoms with Gasteiger partial charge in [-0.05, 0) is 12.8 Å². The molecular formula is C28H56NO6PS2. The van der Waals surface area contributed by atoms with E-state index in [0.29, 0.717) is 29.6 Å². The van der Waals surface area contributed by atoms with Crippen molar-refractivity contribution >= 4 is 41.6 Å². The number of unbranched alkanes of at least 4 members (excludes halogenated alkanes) is 12. The van der Waals surface area contributed by atoms with E-state index in [1.165, 1.54) is 63.1 Å². The molecule has 0 saturated carbocycles. The maximum Gasteiger partial charge on any atom is 0.268 e. The minimum Gasteiger partial charge on any atom is -0.756 e. The van der Waals surface area contributed by atoms with Crippen molar-refractivity contribution < 1.29 is 32.6 Å². The topological polar surface area (TPSA) is 92.7 Å². The Morgan fingerprint density at radius 3 is 1.74 bits per heavy atom. The number of carbonyl (C=O) groups excluding carboxylic acids is 2. The Bertz CT molecular complexity index is 660. The lowest BCUT2D eigenvalue weighted by atomic mass is 10.1. The third kappa shape index (κ3) is 26.3. The number of hydrogen-bond acceptors (Lipinski definition) is 8. The summed E-state index contributed by atoms with van der Waals surface area (Å²) in [7, 11) is 1.37. The minimum atomic E-state index is -4.48. The second kappa shape index (κ2) is 23.8. The highest BCUT2D eigenvalue weighted by Crippen LogP contribution is 2.39. The van der Waals surface area contributed by atoms with E-state index in [1.54, 1.807) is 0 Å². The fourth-order valence-corrected chi connectivity index (χ4v) is 6.56. The maximum absolute atomic E-state index is 12.6. The van der Waals surface area contributed by atoms with E-state index in [9.17, 15) is 19.0 Å². The van der Waals surface area contributed by atoms with Gasteiger partial charge in [-0.25, -0.2) is 0 Å². The molecule has 38 heavy (non-hydrogen) atoms. The number of hydrogen-bond donors (Lipinski definition) is 0. The van der Waals surface area contributed by atoms with Crippen molar-refractivity contribution in [3.8, 4) is 0 Å². The van der Waals surface area contributed by atoms with E-state index in [0.717, 1.165) is 50.3 Å². The van der Waals surface area contributed by atoms with E-state index in [2.05, 4.69) is 13.8 Å². The smallest absolute Gasteiger partial charge is 0.268 e. The highest BCUT2D eigenvalue weighted by molar-refractivity contribution is 8.17. The van der Waals surface area contributed by atoms with E-state index in [-0.39, 0.29) is 23.4 Å². The molecule has 0 aromatic rings. The highest BCUT2D eigenvalue weighted by atomic mass is 32.2. The van der Waals surface area contributed by atoms with Gasteiger partial charge in [0, 0.05) is 23.8 Å². The monoisotopic (exact) mass is 597 g/mol. The lowest BCUT2D eigenvalue weighted by Gasteiger charge is -2.28. The predicted octanol–water partition coefficient (Wildman–Crippen LogP) is 7.36. The average Bonchev–Trinajstić information content (AvgIpc) is 2.83. The first kappa shape index (κ1) is 38.1. The summed E-state index contributed by atoms with van der Waals surface area (Å²) in [6.07, 6.45) is 17.0. The number of phosphoric acid groups is 1. The van der Waals surface area contributed by atoms with Gasteiger partial charge in [0.15, 0.2) is 10.2 Å². The zero-order valence-electron chi connectivity index (χ0n) is 24.9. The molecule has 0 fully saturated rings. The zero-order valence-corrected chi connectivity index (χ0v) is 27.4. The van der Waals surface area contributed by atoms with Gasteiger partial charge in [-0.2, -0.15) is 0 Å². The molecule has 0 N–H and O–H groups in total. The second-order valence-corrected chi connectivity index (χ2v) is 15.0. The number of quaternary nitrogens is 1. The fraction of sp³-hybridized carbons (Fsp3) is 0.929. The lowest BCUT2D eigenvalue weighted by Crippen LogP contribution is -2.37. The predicted molar refractivity (Wildman–Crippen MR) is 161 cm³/mol. The summed E-state index contributed by atoms with van der Waals surface area (Å²) in [5.41, 5.74) is 0. The minimum absolute atomic E-state index is 0.0268. The standard InChI is InChI=1S/C28H56NO6PS2/c1-6-8-10-12-14-16-18-20-27(30)37-25-26(24-35-36(32,33)34-23-22-29(3,4)5)38-28(31)21-19-17-15-13-11-9-7-2/h26H,6-25H2,1-5H3/t26-/m0/s1. The fourth-order valence-electron chi connectivity index (χ4n) is 3.71. The summed E-state index contributed by atoms with van der Waals surface area (Å²) in [4.78, 5) is 37.2. The molecule has 226 valence electrons. The molecule has 0 radical (unpaired) electrons. The summed E-state index contributed by atoms with van der Waals surface area (Å²) in [6.45, 7) is 4.78. The SMILES string of the molecule is CCCCCCCCCC(=O)SC[C@H](COP(=O)([O-])OCC[N+](C)(C)C)SC(=O)CCCCCCCCC. The van der Waals surface area contributed by atoms with Gasteiger partial charge in [-0.3, -0.25) is 14.2 Å². The molecule has 0 amide bonds. The molecule has 0 aliphatic heterocycles. The molecule has 7 nitrogen and oxygen atoms in total. The van der Waals surface area contributed by atoms with Gasteiger partial charge < -0.3 is 18.4 Å². The number of rotatable bonds is 26. The van der Waals surface area contributed by atoms with Crippen LogP contribution in [0.2, 0.25) is 0 Å². The van der Waals surface area contributed by atoms with Gasteiger partial charge in [0.05, 0.1) is 27.7 Å². The Balaban J connectivity index is 4.58. The van der Waals surface area contributed by atoms with Crippen LogP contribution < -0.4 is 4.89 Å². The van der Waals surface area contributed by atoms with E-state index < -0.39 is 13.1 Å². The van der Waals surface area contributed by atoms with Crippen molar-refractivity contribution in [3.63, 3.8) is 0 Å². The van der Waals surface area contributed by atoms with Gasteiger partial charge in [-0.15, -0.1) is 0 Å². The molecule has 0 aromatic carbocycles. The van der Waals surface area contributed by atoms with Crippen LogP contribution in [0.1, 0.15) is 117 Å². The van der Waals surface area contributed by atoms with Crippen LogP contribution in [0.15, 0.2) is 0 Å². The Hall–Kier alpha value is 0.110. The first-order valence-corrected chi connectivity index (χ1v) is 18.1. The summed E-state index contributed by atoms with van der Waals surface area (Å²) < 4.78 is 23.0. The molecule has 0 rings (SSSR count). The summed E-state index contributed by atoms with van der Waals surface area (Å²) in [5.74, 6) is 0.349. The number of likely N-dealkylation sites (N-methyl/N-ethyl adjacent to an activating group) is 1. The molecule has 10 heteroatoms. The van der Waals surface area contributed by atoms with E-state index in [4.69, 9.17) is 9.05 Å². The zero-order chi connectivity index (χ0) is 28.7. The number of carbonyl (C=O) groups is 2. The van der Waals surface area contributed by atoms with Crippen LogP contribution in [-0.4, -0.2) is 66.6 Å². The quantitative estimate of drug-likeness (QED) is 0.0580. The number of nitrogens with zero attached hydrogens (tertiary/aromatic N) is 1. The second-order valence-electron chi connectivity index (χ2n) is 11.1. The summed E-state index contributed by atoms with van der Waals surface area (Å²) in [5, 5.41) is -0.300. The van der Waals surface area contributed by atoms with Gasteiger partial charge in [0.25, 0.3) is 7.82 Å². The maximum atomic E-state index is 12.6. The van der Waals surface area contributed by atoms with Crippen molar-refractivity contribution in [3.05, 3.63) is 0 Å². The molecule has 1 unspecified atom stereocenters. The van der Waals surface area contributed by atoms with Gasteiger partial charge in [-0.1, -0.05) is 114 Å². The Morgan fingerprint density at radius 1 is 0.763 bits per heavy atom. The molecule has 0 aromatic heterocycles. The molecular weight excluding hydrogens is 541 g/mol. The van der Waals surface area contributed by atoms with E-state index >= 15 is 0 Å². The number of phosphoric ester groups is 1. The van der Waals surface area contributed by atoms with Crippen molar-refractivity contribution in [1.82, 2.24) is 0 Å². The molecule has 0 aliphatic carbocycles. The first-order valence-electron chi connectivity index (χ1n) is 14.7. The van der Waals surface area contributed by atoms with Crippen LogP contribution in [0, 0.1) is 0 Å². The molecule has 0 heterocycles. The third-order valence-corrected chi connectivity index (χ3v) is 9.50. The Labute approximate surface area is 242 Å². The number of thioether (sulfide) groups is 2. The van der Waals surface area contributed by atoms with Crippen molar-refractivity contribution in [1.29, 1.82) is 0 Å². The largest absolute Gasteiger partial charge is 0.756 e. The lowest BCUT2D eigenvalue weighted by molar-refractivity contribution is -0.870. The van der Waals surface area contributed by atoms with E-state index in [1.807, 2.05) is 21.1 Å². The normalized spacial score (nSPS) is 14.4. The average molecular weight is 598 g/mol. The van der Waals surface area contributed by atoms with Crippen LogP contribution in [-0.2, 0) is 23.2 Å². The first-order chi connectivity index (χ1) is 18.0. The van der Waals surface area contributed by atoms with Crippen LogP contribution in [0.3, 0.4) is 0 Å². The Morgan fingerprint density at radius 2 is 1.24 bits per heavy atom. The van der Waals surface area contributed by atoms with Gasteiger partial charge in [0.2, 0.25) is 0 Å². The van der Waals surface area contributed by atoms with Gasteiger partial charge >= 0.3 is 0 Å². The van der Waals surface area contributed by atoms with Crippen LogP contribution in [0.25, 0.3) is 0 Å². The van der Waals surface area contributed by atoms with Crippen LogP contribution >= 0.6 is 31.3 Å². The highest BCUT2D eigenvalue weighted by Gasteiger charge is 2.21. The molecule has 0 aliphatic rings. The van der Waals surface area contributed by atoms with Crippen LogP contribution in [0.5, 0.6) is 0 Å². The van der Waals surface area contributed by atoms with Crippen molar-refractivity contribution in [2.24, 2.45) is 0 Å². The van der Waals surface area contributed by atoms with Crippen molar-refractivity contribution in [2.75, 3.05) is 46.7 Å². The third-order valence-electron chi connectivity index (χ3n) is 6.13. The van der Waals surface area contributed by atoms with Gasteiger partial charge in [0.1, 0.15) is 13.2 Å². The summed E-state index contributed by atoms with van der Waals surface area (Å²) >= 11 is 2.29. The molecule has 2 atom stereocenters. The molecule has 0 bridgehead atoms. The van der Waals surface area contributed by atoms with Crippen molar-refractivity contribution in [2.45, 2.75) is 122 Å². The van der Waals surface area contributed by atoms with Crippen LogP contribution in [0.4, 0.5) is 0 Å².